The first-order chi connectivity index (χ1) is 18.4. The summed E-state index contributed by atoms with van der Waals surface area (Å²) >= 11 is 0. The number of carbonyl (C=O) groups excluding carboxylic acids is 1. The molecule has 0 fully saturated rings. The highest BCUT2D eigenvalue weighted by atomic mass is 32.2. The quantitative estimate of drug-likeness (QED) is 0.309. The summed E-state index contributed by atoms with van der Waals surface area (Å²) in [6, 6.07) is 26.8. The maximum absolute atomic E-state index is 13.8. The van der Waals surface area contributed by atoms with Crippen molar-refractivity contribution in [2.24, 2.45) is 0 Å². The number of ether oxygens (including phenoxy) is 2. The van der Waals surface area contributed by atoms with E-state index < -0.39 is 22.0 Å². The van der Waals surface area contributed by atoms with Crippen molar-refractivity contribution in [3.63, 3.8) is 0 Å². The number of amides is 1. The first kappa shape index (κ1) is 25.3. The van der Waals surface area contributed by atoms with E-state index in [1.54, 1.807) is 12.1 Å². The van der Waals surface area contributed by atoms with Crippen molar-refractivity contribution >= 4 is 21.6 Å². The Labute approximate surface area is 220 Å². The van der Waals surface area contributed by atoms with Gasteiger partial charge in [-0.15, -0.1) is 0 Å². The van der Waals surface area contributed by atoms with E-state index in [1.807, 2.05) is 42.5 Å². The molecule has 1 amide bonds. The van der Waals surface area contributed by atoms with Crippen LogP contribution in [0.2, 0.25) is 0 Å². The minimum Gasteiger partial charge on any atom is -0.492 e. The second-order valence-electron chi connectivity index (χ2n) is 8.63. The van der Waals surface area contributed by atoms with Crippen LogP contribution in [0.4, 0.5) is 10.1 Å². The van der Waals surface area contributed by atoms with E-state index in [-0.39, 0.29) is 30.3 Å². The molecule has 0 unspecified atom stereocenters. The summed E-state index contributed by atoms with van der Waals surface area (Å²) in [5.41, 5.74) is 1.24. The molecule has 0 bridgehead atoms. The van der Waals surface area contributed by atoms with Gasteiger partial charge in [-0.3, -0.25) is 9.10 Å². The van der Waals surface area contributed by atoms with Gasteiger partial charge in [0, 0.05) is 6.42 Å². The number of nitrogens with one attached hydrogen (secondary N) is 1. The summed E-state index contributed by atoms with van der Waals surface area (Å²) in [5.74, 6) is 0.712. The number of hydrogen-bond donors (Lipinski definition) is 1. The third-order valence-corrected chi connectivity index (χ3v) is 7.91. The molecule has 7 nitrogen and oxygen atoms in total. The number of rotatable bonds is 9. The molecule has 0 saturated heterocycles. The summed E-state index contributed by atoms with van der Waals surface area (Å²) < 4.78 is 53.2. The van der Waals surface area contributed by atoms with Crippen LogP contribution in [-0.2, 0) is 21.2 Å². The molecule has 0 aliphatic carbocycles. The lowest BCUT2D eigenvalue weighted by Crippen LogP contribution is -2.48. The largest absolute Gasteiger partial charge is 0.492 e. The number of benzene rings is 4. The maximum Gasteiger partial charge on any atom is 0.265 e. The van der Waals surface area contributed by atoms with E-state index in [9.17, 15) is 17.6 Å². The van der Waals surface area contributed by atoms with Gasteiger partial charge >= 0.3 is 0 Å². The average Bonchev–Trinajstić information content (AvgIpc) is 3.34. The fraction of sp³-hybridized carbons (Fsp3) is 0.138. The molecule has 0 radical (unpaired) electrons. The Hall–Kier alpha value is -4.37. The minimum absolute atomic E-state index is 0.0193. The number of nitrogens with zero attached hydrogens (tertiary/aromatic N) is 1. The Morgan fingerprint density at radius 1 is 0.842 bits per heavy atom. The zero-order chi connectivity index (χ0) is 26.5. The fourth-order valence-corrected chi connectivity index (χ4v) is 5.91. The summed E-state index contributed by atoms with van der Waals surface area (Å²) in [5, 5.41) is 2.81. The SMILES string of the molecule is O=C(NCCOc1ccccc1)[C@@H]1Cc2ccccc2N1S(=O)(=O)c1ccc(Oc2ccc(F)cc2)cc1. The van der Waals surface area contributed by atoms with E-state index in [0.717, 1.165) is 5.56 Å². The van der Waals surface area contributed by atoms with E-state index in [1.165, 1.54) is 52.8 Å². The highest BCUT2D eigenvalue weighted by Gasteiger charge is 2.42. The lowest BCUT2D eigenvalue weighted by molar-refractivity contribution is -0.122. The fourth-order valence-electron chi connectivity index (χ4n) is 4.26. The molecule has 38 heavy (non-hydrogen) atoms. The first-order valence-corrected chi connectivity index (χ1v) is 13.5. The van der Waals surface area contributed by atoms with Crippen LogP contribution in [0.1, 0.15) is 5.56 Å². The van der Waals surface area contributed by atoms with Gasteiger partial charge in [-0.25, -0.2) is 12.8 Å². The summed E-state index contributed by atoms with van der Waals surface area (Å²) in [7, 11) is -4.08. The molecule has 4 aromatic carbocycles. The maximum atomic E-state index is 13.8. The van der Waals surface area contributed by atoms with Crippen molar-refractivity contribution in [1.82, 2.24) is 5.32 Å². The molecule has 1 aliphatic heterocycles. The normalized spacial score (nSPS) is 14.6. The van der Waals surface area contributed by atoms with E-state index in [0.29, 0.717) is 22.9 Å². The molecule has 0 aromatic heterocycles. The topological polar surface area (TPSA) is 84.9 Å². The van der Waals surface area contributed by atoms with Gasteiger partial charge in [0.2, 0.25) is 5.91 Å². The molecule has 1 N–H and O–H groups in total. The van der Waals surface area contributed by atoms with Gasteiger partial charge in [-0.05, 0) is 72.3 Å². The zero-order valence-electron chi connectivity index (χ0n) is 20.3. The Morgan fingerprint density at radius 2 is 1.47 bits per heavy atom. The Morgan fingerprint density at radius 3 is 2.18 bits per heavy atom. The van der Waals surface area contributed by atoms with Crippen molar-refractivity contribution in [3.8, 4) is 17.2 Å². The molecule has 9 heteroatoms. The number of carbonyl (C=O) groups is 1. The number of anilines is 1. The van der Waals surface area contributed by atoms with Gasteiger partial charge < -0.3 is 14.8 Å². The number of para-hydroxylation sites is 2. The van der Waals surface area contributed by atoms with Gasteiger partial charge in [0.05, 0.1) is 17.1 Å². The van der Waals surface area contributed by atoms with Crippen LogP contribution in [0.5, 0.6) is 17.2 Å². The highest BCUT2D eigenvalue weighted by Crippen LogP contribution is 2.37. The molecule has 1 atom stereocenters. The van der Waals surface area contributed by atoms with Gasteiger partial charge in [0.1, 0.15) is 35.7 Å². The summed E-state index contributed by atoms with van der Waals surface area (Å²) in [4.78, 5) is 13.2. The smallest absolute Gasteiger partial charge is 0.265 e. The monoisotopic (exact) mass is 532 g/mol. The lowest BCUT2D eigenvalue weighted by atomic mass is 10.1. The van der Waals surface area contributed by atoms with Crippen LogP contribution in [-0.4, -0.2) is 33.5 Å². The van der Waals surface area contributed by atoms with Crippen molar-refractivity contribution in [1.29, 1.82) is 0 Å². The number of fused-ring (bicyclic) bond motifs is 1. The van der Waals surface area contributed by atoms with Crippen molar-refractivity contribution in [2.45, 2.75) is 17.4 Å². The van der Waals surface area contributed by atoms with Crippen molar-refractivity contribution in [3.05, 3.63) is 115 Å². The molecule has 0 spiro atoms. The lowest BCUT2D eigenvalue weighted by Gasteiger charge is -2.26. The summed E-state index contributed by atoms with van der Waals surface area (Å²) in [6.45, 7) is 0.474. The highest BCUT2D eigenvalue weighted by molar-refractivity contribution is 7.93. The van der Waals surface area contributed by atoms with E-state index in [4.69, 9.17) is 9.47 Å². The molecule has 5 rings (SSSR count). The number of sulfonamides is 1. The Kier molecular flexibility index (Phi) is 7.28. The van der Waals surface area contributed by atoms with Crippen LogP contribution in [0.15, 0.2) is 108 Å². The molecule has 194 valence electrons. The van der Waals surface area contributed by atoms with Crippen molar-refractivity contribution in [2.75, 3.05) is 17.5 Å². The van der Waals surface area contributed by atoms with Crippen LogP contribution < -0.4 is 19.1 Å². The van der Waals surface area contributed by atoms with E-state index in [2.05, 4.69) is 5.32 Å². The zero-order valence-corrected chi connectivity index (χ0v) is 21.1. The third kappa shape index (κ3) is 5.47. The Balaban J connectivity index is 1.32. The third-order valence-electron chi connectivity index (χ3n) is 6.07. The minimum atomic E-state index is -4.08. The number of hydrogen-bond acceptors (Lipinski definition) is 5. The van der Waals surface area contributed by atoms with Gasteiger partial charge in [0.15, 0.2) is 0 Å². The molecule has 1 heterocycles. The number of halogens is 1. The predicted octanol–water partition coefficient (Wildman–Crippen LogP) is 4.93. The standard InChI is InChI=1S/C29H25FN2O5S/c30-22-10-12-24(13-11-22)37-25-14-16-26(17-15-25)38(34,35)32-27-9-5-4-6-21(27)20-28(32)29(33)31-18-19-36-23-7-2-1-3-8-23/h1-17,28H,18-20H2,(H,31,33)/t28-/m0/s1. The van der Waals surface area contributed by atoms with Crippen LogP contribution in [0.25, 0.3) is 0 Å². The summed E-state index contributed by atoms with van der Waals surface area (Å²) in [6.07, 6.45) is 0.256. The van der Waals surface area contributed by atoms with Crippen LogP contribution in [0.3, 0.4) is 0 Å². The van der Waals surface area contributed by atoms with Gasteiger partial charge in [-0.2, -0.15) is 0 Å². The average molecular weight is 533 g/mol. The molecular weight excluding hydrogens is 507 g/mol. The van der Waals surface area contributed by atoms with Crippen LogP contribution >= 0.6 is 0 Å². The molecular formula is C29H25FN2O5S. The van der Waals surface area contributed by atoms with Crippen molar-refractivity contribution < 1.29 is 27.1 Å². The van der Waals surface area contributed by atoms with Gasteiger partial charge in [0.25, 0.3) is 10.0 Å². The molecule has 1 aliphatic rings. The van der Waals surface area contributed by atoms with Gasteiger partial charge in [-0.1, -0.05) is 36.4 Å². The van der Waals surface area contributed by atoms with E-state index >= 15 is 0 Å². The van der Waals surface area contributed by atoms with Crippen LogP contribution in [0, 0.1) is 5.82 Å². The predicted molar refractivity (Wildman–Crippen MR) is 141 cm³/mol. The Bertz CT molecular complexity index is 1510. The second kappa shape index (κ2) is 10.9. The molecule has 0 saturated carbocycles. The first-order valence-electron chi connectivity index (χ1n) is 12.0. The molecule has 4 aromatic rings. The second-order valence-corrected chi connectivity index (χ2v) is 10.4.